The van der Waals surface area contributed by atoms with Gasteiger partial charge in [0.25, 0.3) is 0 Å². The van der Waals surface area contributed by atoms with Crippen molar-refractivity contribution in [2.45, 2.75) is 6.42 Å². The van der Waals surface area contributed by atoms with Crippen LogP contribution in [0.2, 0.25) is 0 Å². The fourth-order valence-corrected chi connectivity index (χ4v) is 2.01. The van der Waals surface area contributed by atoms with Gasteiger partial charge in [0.05, 0.1) is 12.1 Å². The molecule has 0 aliphatic rings. The number of amides is 1. The molecule has 5 heteroatoms. The first kappa shape index (κ1) is 12.3. The van der Waals surface area contributed by atoms with Gasteiger partial charge in [0.1, 0.15) is 11.5 Å². The molecular formula is C15H12FN3O. The maximum atomic E-state index is 13.0. The number of nitrogens with one attached hydrogen (secondary N) is 1. The van der Waals surface area contributed by atoms with Crippen LogP contribution in [0, 0.1) is 5.82 Å². The third kappa shape index (κ3) is 2.66. The van der Waals surface area contributed by atoms with Crippen molar-refractivity contribution in [3.05, 3.63) is 66.4 Å². The molecule has 100 valence electrons. The Bertz CT molecular complexity index is 733. The third-order valence-electron chi connectivity index (χ3n) is 2.86. The van der Waals surface area contributed by atoms with Gasteiger partial charge in [-0.15, -0.1) is 0 Å². The summed E-state index contributed by atoms with van der Waals surface area (Å²) in [6.45, 7) is 0. The zero-order valence-electron chi connectivity index (χ0n) is 10.6. The molecule has 0 aliphatic heterocycles. The molecule has 0 unspecified atom stereocenters. The molecule has 1 amide bonds. The molecule has 0 saturated heterocycles. The van der Waals surface area contributed by atoms with Crippen molar-refractivity contribution >= 4 is 17.2 Å². The molecule has 0 saturated carbocycles. The Labute approximate surface area is 114 Å². The minimum absolute atomic E-state index is 0.151. The Morgan fingerprint density at radius 1 is 1.25 bits per heavy atom. The lowest BCUT2D eigenvalue weighted by atomic mass is 10.2. The Morgan fingerprint density at radius 3 is 2.95 bits per heavy atom. The van der Waals surface area contributed by atoms with Crippen LogP contribution in [0.15, 0.2) is 54.9 Å². The molecular weight excluding hydrogens is 257 g/mol. The standard InChI is InChI=1S/C15H12FN3O/c16-11-4-3-5-12(8-11)18-15(20)9-13-10-19-7-2-1-6-14(19)17-13/h1-8,10H,9H2,(H,18,20). The van der Waals surface area contributed by atoms with Crippen molar-refractivity contribution in [2.24, 2.45) is 0 Å². The van der Waals surface area contributed by atoms with Gasteiger partial charge in [-0.1, -0.05) is 12.1 Å². The van der Waals surface area contributed by atoms with Gasteiger partial charge in [0.15, 0.2) is 0 Å². The van der Waals surface area contributed by atoms with Gasteiger partial charge in [-0.05, 0) is 30.3 Å². The molecule has 0 spiro atoms. The van der Waals surface area contributed by atoms with Crippen LogP contribution >= 0.6 is 0 Å². The van der Waals surface area contributed by atoms with Gasteiger partial charge in [0.2, 0.25) is 5.91 Å². The van der Waals surface area contributed by atoms with E-state index in [4.69, 9.17) is 0 Å². The SMILES string of the molecule is O=C(Cc1cn2ccccc2n1)Nc1cccc(F)c1. The first-order valence-corrected chi connectivity index (χ1v) is 6.19. The van der Waals surface area contributed by atoms with Crippen molar-refractivity contribution in [2.75, 3.05) is 5.32 Å². The number of rotatable bonds is 3. The predicted molar refractivity (Wildman–Crippen MR) is 73.9 cm³/mol. The van der Waals surface area contributed by atoms with Crippen molar-refractivity contribution in [1.29, 1.82) is 0 Å². The van der Waals surface area contributed by atoms with Gasteiger partial charge < -0.3 is 9.72 Å². The summed E-state index contributed by atoms with van der Waals surface area (Å²) in [6, 6.07) is 11.5. The number of anilines is 1. The lowest BCUT2D eigenvalue weighted by Crippen LogP contribution is -2.14. The molecule has 0 aliphatic carbocycles. The second-order valence-corrected chi connectivity index (χ2v) is 4.43. The summed E-state index contributed by atoms with van der Waals surface area (Å²) >= 11 is 0. The van der Waals surface area contributed by atoms with E-state index in [0.29, 0.717) is 11.4 Å². The van der Waals surface area contributed by atoms with Crippen LogP contribution < -0.4 is 5.32 Å². The van der Waals surface area contributed by atoms with E-state index in [2.05, 4.69) is 10.3 Å². The Hall–Kier alpha value is -2.69. The molecule has 4 nitrogen and oxygen atoms in total. The van der Waals surface area contributed by atoms with E-state index in [1.165, 1.54) is 12.1 Å². The number of halogens is 1. The van der Waals surface area contributed by atoms with Crippen LogP contribution in [0.3, 0.4) is 0 Å². The van der Waals surface area contributed by atoms with E-state index >= 15 is 0 Å². The van der Waals surface area contributed by atoms with E-state index in [0.717, 1.165) is 5.65 Å². The summed E-state index contributed by atoms with van der Waals surface area (Å²) in [5.41, 5.74) is 1.91. The van der Waals surface area contributed by atoms with E-state index in [1.807, 2.05) is 28.8 Å². The molecule has 1 aromatic carbocycles. The maximum Gasteiger partial charge on any atom is 0.230 e. The molecule has 20 heavy (non-hydrogen) atoms. The quantitative estimate of drug-likeness (QED) is 0.794. The molecule has 0 bridgehead atoms. The second kappa shape index (κ2) is 5.13. The molecule has 1 N–H and O–H groups in total. The highest BCUT2D eigenvalue weighted by Crippen LogP contribution is 2.10. The summed E-state index contributed by atoms with van der Waals surface area (Å²) in [5, 5.41) is 2.65. The Morgan fingerprint density at radius 2 is 2.15 bits per heavy atom. The Balaban J connectivity index is 1.72. The van der Waals surface area contributed by atoms with E-state index in [-0.39, 0.29) is 18.1 Å². The number of hydrogen-bond acceptors (Lipinski definition) is 2. The van der Waals surface area contributed by atoms with Crippen LogP contribution in [-0.4, -0.2) is 15.3 Å². The number of fused-ring (bicyclic) bond motifs is 1. The van der Waals surface area contributed by atoms with Crippen LogP contribution in [0.4, 0.5) is 10.1 Å². The highest BCUT2D eigenvalue weighted by molar-refractivity contribution is 5.92. The van der Waals surface area contributed by atoms with Crippen molar-refractivity contribution < 1.29 is 9.18 Å². The normalized spacial score (nSPS) is 10.7. The molecule has 3 aromatic rings. The van der Waals surface area contributed by atoms with Gasteiger partial charge in [-0.2, -0.15) is 0 Å². The summed E-state index contributed by atoms with van der Waals surface area (Å²) in [4.78, 5) is 16.2. The summed E-state index contributed by atoms with van der Waals surface area (Å²) in [6.07, 6.45) is 3.83. The first-order valence-electron chi connectivity index (χ1n) is 6.19. The van der Waals surface area contributed by atoms with Gasteiger partial charge in [-0.3, -0.25) is 4.79 Å². The average molecular weight is 269 g/mol. The Kier molecular flexibility index (Phi) is 3.16. The molecule has 0 radical (unpaired) electrons. The van der Waals surface area contributed by atoms with Crippen LogP contribution in [0.1, 0.15) is 5.69 Å². The van der Waals surface area contributed by atoms with Gasteiger partial charge >= 0.3 is 0 Å². The molecule has 2 heterocycles. The minimum Gasteiger partial charge on any atom is -0.326 e. The van der Waals surface area contributed by atoms with Crippen molar-refractivity contribution in [3.63, 3.8) is 0 Å². The topological polar surface area (TPSA) is 46.4 Å². The number of nitrogens with zero attached hydrogens (tertiary/aromatic N) is 2. The zero-order valence-corrected chi connectivity index (χ0v) is 10.6. The maximum absolute atomic E-state index is 13.0. The molecule has 3 rings (SSSR count). The predicted octanol–water partition coefficient (Wildman–Crippen LogP) is 2.65. The lowest BCUT2D eigenvalue weighted by molar-refractivity contribution is -0.115. The van der Waals surface area contributed by atoms with Crippen molar-refractivity contribution in [3.8, 4) is 0 Å². The second-order valence-electron chi connectivity index (χ2n) is 4.43. The highest BCUT2D eigenvalue weighted by Gasteiger charge is 2.08. The number of carbonyl (C=O) groups is 1. The van der Waals surface area contributed by atoms with Gasteiger partial charge in [0, 0.05) is 18.1 Å². The number of pyridine rings is 1. The van der Waals surface area contributed by atoms with E-state index in [1.54, 1.807) is 18.3 Å². The number of aromatic nitrogens is 2. The van der Waals surface area contributed by atoms with E-state index in [9.17, 15) is 9.18 Å². The van der Waals surface area contributed by atoms with Gasteiger partial charge in [-0.25, -0.2) is 9.37 Å². The van der Waals surface area contributed by atoms with Crippen molar-refractivity contribution in [1.82, 2.24) is 9.38 Å². The van der Waals surface area contributed by atoms with Crippen LogP contribution in [0.25, 0.3) is 5.65 Å². The monoisotopic (exact) mass is 269 g/mol. The smallest absolute Gasteiger partial charge is 0.230 e. The minimum atomic E-state index is -0.379. The first-order chi connectivity index (χ1) is 9.70. The zero-order chi connectivity index (χ0) is 13.9. The molecule has 0 atom stereocenters. The average Bonchev–Trinajstić information content (AvgIpc) is 2.80. The number of hydrogen-bond donors (Lipinski definition) is 1. The summed E-state index contributed by atoms with van der Waals surface area (Å²) in [7, 11) is 0. The largest absolute Gasteiger partial charge is 0.326 e. The highest BCUT2D eigenvalue weighted by atomic mass is 19.1. The van der Waals surface area contributed by atoms with E-state index < -0.39 is 0 Å². The molecule has 2 aromatic heterocycles. The number of carbonyl (C=O) groups excluding carboxylic acids is 1. The fourth-order valence-electron chi connectivity index (χ4n) is 2.01. The summed E-state index contributed by atoms with van der Waals surface area (Å²) in [5.74, 6) is -0.602. The summed E-state index contributed by atoms with van der Waals surface area (Å²) < 4.78 is 14.9. The number of benzene rings is 1. The van der Waals surface area contributed by atoms with Crippen LogP contribution in [0.5, 0.6) is 0 Å². The fraction of sp³-hybridized carbons (Fsp3) is 0.0667. The lowest BCUT2D eigenvalue weighted by Gasteiger charge is -2.03. The third-order valence-corrected chi connectivity index (χ3v) is 2.86. The number of imidazole rings is 1. The van der Waals surface area contributed by atoms with Crippen LogP contribution in [-0.2, 0) is 11.2 Å². The molecule has 0 fully saturated rings.